The standard InChI is InChI=1S/C23H31N3O5S/c1-32(30,31)21(25)13-14-22(28)26(15-5-8-17-6-3-2-4-7-17)23(29)20(24)16-18-9-11-19(27)12-10-18/h2-4,6-7,9-12,20-21,27H,5,8,13-16,24-25H2,1H3/t20-,21?/m0/s1. The molecule has 5 N–H and O–H groups in total. The van der Waals surface area contributed by atoms with E-state index in [1.165, 1.54) is 12.1 Å². The third kappa shape index (κ3) is 8.07. The highest BCUT2D eigenvalue weighted by atomic mass is 32.2. The van der Waals surface area contributed by atoms with Crippen LogP contribution >= 0.6 is 0 Å². The predicted molar refractivity (Wildman–Crippen MR) is 123 cm³/mol. The zero-order chi connectivity index (χ0) is 23.7. The van der Waals surface area contributed by atoms with E-state index in [1.54, 1.807) is 12.1 Å². The molecule has 32 heavy (non-hydrogen) atoms. The van der Waals surface area contributed by atoms with Gasteiger partial charge in [-0.1, -0.05) is 42.5 Å². The second-order valence-corrected chi connectivity index (χ2v) is 10.1. The Morgan fingerprint density at radius 3 is 2.22 bits per heavy atom. The Kier molecular flexibility index (Phi) is 9.37. The third-order valence-corrected chi connectivity index (χ3v) is 6.49. The number of aryl methyl sites for hydroxylation is 1. The summed E-state index contributed by atoms with van der Waals surface area (Å²) in [5.41, 5.74) is 13.6. The molecule has 2 atom stereocenters. The van der Waals surface area contributed by atoms with Crippen LogP contribution in [0, 0.1) is 0 Å². The van der Waals surface area contributed by atoms with E-state index >= 15 is 0 Å². The van der Waals surface area contributed by atoms with Crippen molar-refractivity contribution in [3.63, 3.8) is 0 Å². The fraction of sp³-hybridized carbons (Fsp3) is 0.391. The number of phenolic OH excluding ortho intramolecular Hbond substituents is 1. The number of hydrogen-bond acceptors (Lipinski definition) is 7. The molecule has 2 amide bonds. The maximum atomic E-state index is 13.0. The lowest BCUT2D eigenvalue weighted by molar-refractivity contribution is -0.145. The van der Waals surface area contributed by atoms with Gasteiger partial charge in [0.15, 0.2) is 9.84 Å². The van der Waals surface area contributed by atoms with Crippen molar-refractivity contribution in [1.29, 1.82) is 0 Å². The Hall–Kier alpha value is -2.75. The summed E-state index contributed by atoms with van der Waals surface area (Å²) in [6, 6.07) is 15.1. The lowest BCUT2D eigenvalue weighted by atomic mass is 10.0. The number of phenols is 1. The molecular weight excluding hydrogens is 430 g/mol. The van der Waals surface area contributed by atoms with Crippen LogP contribution in [-0.4, -0.2) is 54.5 Å². The number of nitrogens with two attached hydrogens (primary N) is 2. The summed E-state index contributed by atoms with van der Waals surface area (Å²) >= 11 is 0. The zero-order valence-corrected chi connectivity index (χ0v) is 19.0. The molecule has 8 nitrogen and oxygen atoms in total. The first-order valence-electron chi connectivity index (χ1n) is 10.4. The van der Waals surface area contributed by atoms with Gasteiger partial charge in [-0.3, -0.25) is 14.5 Å². The maximum Gasteiger partial charge on any atom is 0.246 e. The van der Waals surface area contributed by atoms with Gasteiger partial charge in [-0.15, -0.1) is 0 Å². The van der Waals surface area contributed by atoms with Crippen LogP contribution in [0.2, 0.25) is 0 Å². The molecule has 2 aromatic rings. The zero-order valence-electron chi connectivity index (χ0n) is 18.2. The van der Waals surface area contributed by atoms with Gasteiger partial charge < -0.3 is 16.6 Å². The molecule has 2 rings (SSSR count). The highest BCUT2D eigenvalue weighted by Crippen LogP contribution is 2.13. The molecule has 9 heteroatoms. The first-order valence-corrected chi connectivity index (χ1v) is 12.4. The molecule has 0 bridgehead atoms. The minimum atomic E-state index is -3.48. The SMILES string of the molecule is CS(=O)(=O)C(N)CCC(=O)N(CCCc1ccccc1)C(=O)[C@@H](N)Cc1ccc(O)cc1. The molecule has 174 valence electrons. The van der Waals surface area contributed by atoms with Crippen LogP contribution in [0.3, 0.4) is 0 Å². The Balaban J connectivity index is 2.07. The van der Waals surface area contributed by atoms with Crippen molar-refractivity contribution in [3.05, 3.63) is 65.7 Å². The van der Waals surface area contributed by atoms with Gasteiger partial charge in [-0.05, 0) is 48.9 Å². The van der Waals surface area contributed by atoms with Crippen LogP contribution < -0.4 is 11.5 Å². The summed E-state index contributed by atoms with van der Waals surface area (Å²) in [6.45, 7) is 0.171. The van der Waals surface area contributed by atoms with E-state index in [1.807, 2.05) is 30.3 Å². The number of rotatable bonds is 11. The summed E-state index contributed by atoms with van der Waals surface area (Å²) in [5, 5.41) is 8.24. The summed E-state index contributed by atoms with van der Waals surface area (Å²) in [4.78, 5) is 27.0. The van der Waals surface area contributed by atoms with Gasteiger partial charge in [0.1, 0.15) is 11.1 Å². The number of sulfone groups is 1. The number of aromatic hydroxyl groups is 1. The Bertz CT molecular complexity index is 994. The largest absolute Gasteiger partial charge is 0.508 e. The van der Waals surface area contributed by atoms with E-state index in [4.69, 9.17) is 11.5 Å². The van der Waals surface area contributed by atoms with Crippen molar-refractivity contribution < 1.29 is 23.1 Å². The van der Waals surface area contributed by atoms with Crippen molar-refractivity contribution in [2.45, 2.75) is 43.5 Å². The van der Waals surface area contributed by atoms with Crippen LogP contribution in [0.1, 0.15) is 30.4 Å². The summed E-state index contributed by atoms with van der Waals surface area (Å²) in [5.74, 6) is -0.916. The fourth-order valence-corrected chi connectivity index (χ4v) is 3.78. The van der Waals surface area contributed by atoms with Gasteiger partial charge in [0.05, 0.1) is 6.04 Å². The van der Waals surface area contributed by atoms with Gasteiger partial charge in [0.2, 0.25) is 11.8 Å². The predicted octanol–water partition coefficient (Wildman–Crippen LogP) is 1.36. The Morgan fingerprint density at radius 1 is 1.00 bits per heavy atom. The molecule has 1 unspecified atom stereocenters. The van der Waals surface area contributed by atoms with Gasteiger partial charge in [-0.25, -0.2) is 8.42 Å². The molecule has 0 spiro atoms. The van der Waals surface area contributed by atoms with Crippen molar-refractivity contribution >= 4 is 21.7 Å². The smallest absolute Gasteiger partial charge is 0.246 e. The van der Waals surface area contributed by atoms with Gasteiger partial charge in [0.25, 0.3) is 0 Å². The number of hydrogen-bond donors (Lipinski definition) is 3. The molecule has 0 saturated heterocycles. The van der Waals surface area contributed by atoms with Gasteiger partial charge in [-0.2, -0.15) is 0 Å². The highest BCUT2D eigenvalue weighted by molar-refractivity contribution is 7.91. The second kappa shape index (κ2) is 11.8. The van der Waals surface area contributed by atoms with Crippen molar-refractivity contribution in [2.75, 3.05) is 12.8 Å². The topological polar surface area (TPSA) is 144 Å². The van der Waals surface area contributed by atoms with Crippen LogP contribution in [0.25, 0.3) is 0 Å². The van der Waals surface area contributed by atoms with E-state index in [0.29, 0.717) is 12.8 Å². The molecule has 0 heterocycles. The number of benzene rings is 2. The quantitative estimate of drug-likeness (QED) is 0.458. The van der Waals surface area contributed by atoms with E-state index in [2.05, 4.69) is 0 Å². The maximum absolute atomic E-state index is 13.0. The van der Waals surface area contributed by atoms with E-state index in [-0.39, 0.29) is 31.6 Å². The minimum absolute atomic E-state index is 0.0761. The van der Waals surface area contributed by atoms with Crippen LogP contribution in [-0.2, 0) is 32.3 Å². The molecule has 0 saturated carbocycles. The van der Waals surface area contributed by atoms with Crippen LogP contribution in [0.4, 0.5) is 0 Å². The minimum Gasteiger partial charge on any atom is -0.508 e. The van der Waals surface area contributed by atoms with Crippen LogP contribution in [0.5, 0.6) is 5.75 Å². The first-order chi connectivity index (χ1) is 15.1. The van der Waals surface area contributed by atoms with Gasteiger partial charge in [0, 0.05) is 19.2 Å². The van der Waals surface area contributed by atoms with Crippen molar-refractivity contribution in [3.8, 4) is 5.75 Å². The molecule has 0 radical (unpaired) electrons. The lowest BCUT2D eigenvalue weighted by Gasteiger charge is -2.25. The molecule has 0 aliphatic heterocycles. The molecule has 2 aromatic carbocycles. The van der Waals surface area contributed by atoms with Crippen LogP contribution in [0.15, 0.2) is 54.6 Å². The van der Waals surface area contributed by atoms with Crippen molar-refractivity contribution in [1.82, 2.24) is 4.90 Å². The van der Waals surface area contributed by atoms with E-state index in [0.717, 1.165) is 22.3 Å². The number of nitrogens with zero attached hydrogens (tertiary/aromatic N) is 1. The molecular formula is C23H31N3O5S. The fourth-order valence-electron chi connectivity index (χ4n) is 3.23. The number of amides is 2. The summed E-state index contributed by atoms with van der Waals surface area (Å²) in [7, 11) is -3.48. The third-order valence-electron chi connectivity index (χ3n) is 5.16. The molecule has 0 aliphatic rings. The van der Waals surface area contributed by atoms with Crippen molar-refractivity contribution in [2.24, 2.45) is 11.5 Å². The highest BCUT2D eigenvalue weighted by Gasteiger charge is 2.27. The Morgan fingerprint density at radius 2 is 1.62 bits per heavy atom. The molecule has 0 fully saturated rings. The second-order valence-electron chi connectivity index (χ2n) is 7.86. The lowest BCUT2D eigenvalue weighted by Crippen LogP contribution is -2.48. The Labute approximate surface area is 189 Å². The monoisotopic (exact) mass is 461 g/mol. The number of carbonyl (C=O) groups excluding carboxylic acids is 2. The molecule has 0 aliphatic carbocycles. The van der Waals surface area contributed by atoms with Gasteiger partial charge >= 0.3 is 0 Å². The molecule has 0 aromatic heterocycles. The first kappa shape index (κ1) is 25.5. The summed E-state index contributed by atoms with van der Waals surface area (Å²) in [6.07, 6.45) is 2.19. The normalized spacial score (nSPS) is 13.3. The average molecular weight is 462 g/mol. The van der Waals surface area contributed by atoms with E-state index < -0.39 is 33.1 Å². The summed E-state index contributed by atoms with van der Waals surface area (Å²) < 4.78 is 23.1. The average Bonchev–Trinajstić information content (AvgIpc) is 2.76. The number of carbonyl (C=O) groups is 2. The van der Waals surface area contributed by atoms with E-state index in [9.17, 15) is 23.1 Å². The number of imide groups is 1.